The van der Waals surface area contributed by atoms with E-state index in [1.807, 2.05) is 0 Å². The monoisotopic (exact) mass is 369 g/mol. The minimum atomic E-state index is 0.744. The van der Waals surface area contributed by atoms with Crippen LogP contribution in [0.25, 0.3) is 22.2 Å². The first kappa shape index (κ1) is 17.9. The van der Waals surface area contributed by atoms with Crippen LogP contribution in [0.2, 0.25) is 0 Å². The second-order valence-electron chi connectivity index (χ2n) is 9.17. The molecule has 2 aliphatic carbocycles. The molecule has 0 radical (unpaired) electrons. The molecule has 0 aliphatic heterocycles. The maximum absolute atomic E-state index is 5.13. The van der Waals surface area contributed by atoms with Crippen molar-refractivity contribution in [1.29, 1.82) is 0 Å². The molecule has 0 saturated heterocycles. The average molecular weight is 370 g/mol. The van der Waals surface area contributed by atoms with Crippen LogP contribution in [0.5, 0.6) is 0 Å². The fourth-order valence-electron chi connectivity index (χ4n) is 5.79. The zero-order valence-corrected chi connectivity index (χ0v) is 17.3. The fraction of sp³-hybridized carbons (Fsp3) is 0.444. The SMILES string of the molecule is Cc1cc(C)cc(-c2ccc3c(C4CCCC4)c(C4CCCC4)ccc3n2)c1. The van der Waals surface area contributed by atoms with Gasteiger partial charge in [-0.2, -0.15) is 0 Å². The van der Waals surface area contributed by atoms with Crippen molar-refractivity contribution in [2.24, 2.45) is 0 Å². The van der Waals surface area contributed by atoms with Gasteiger partial charge in [-0.1, -0.05) is 55.0 Å². The number of rotatable bonds is 3. The smallest absolute Gasteiger partial charge is 0.0712 e. The normalized spacial score (nSPS) is 18.4. The number of hydrogen-bond donors (Lipinski definition) is 0. The molecule has 0 bridgehead atoms. The highest BCUT2D eigenvalue weighted by molar-refractivity contribution is 5.86. The van der Waals surface area contributed by atoms with Crippen molar-refractivity contribution >= 4 is 10.9 Å². The van der Waals surface area contributed by atoms with Gasteiger partial charge in [0.1, 0.15) is 0 Å². The van der Waals surface area contributed by atoms with Crippen LogP contribution in [-0.4, -0.2) is 4.98 Å². The topological polar surface area (TPSA) is 12.9 Å². The molecule has 0 spiro atoms. The Morgan fingerprint density at radius 2 is 1.36 bits per heavy atom. The molecule has 1 aromatic heterocycles. The highest BCUT2D eigenvalue weighted by atomic mass is 14.7. The van der Waals surface area contributed by atoms with Gasteiger partial charge < -0.3 is 0 Å². The van der Waals surface area contributed by atoms with E-state index in [1.54, 1.807) is 11.1 Å². The average Bonchev–Trinajstić information content (AvgIpc) is 3.40. The highest BCUT2D eigenvalue weighted by Gasteiger charge is 2.27. The molecule has 1 heteroatoms. The van der Waals surface area contributed by atoms with Crippen LogP contribution in [-0.2, 0) is 0 Å². The van der Waals surface area contributed by atoms with E-state index in [2.05, 4.69) is 56.3 Å². The lowest BCUT2D eigenvalue weighted by Gasteiger charge is -2.22. The molecule has 1 heterocycles. The lowest BCUT2D eigenvalue weighted by molar-refractivity contribution is 0.669. The van der Waals surface area contributed by atoms with Gasteiger partial charge in [0.2, 0.25) is 0 Å². The van der Waals surface area contributed by atoms with Crippen LogP contribution in [0.1, 0.15) is 85.5 Å². The first-order valence-electron chi connectivity index (χ1n) is 11.2. The summed E-state index contributed by atoms with van der Waals surface area (Å²) in [7, 11) is 0. The molecule has 2 fully saturated rings. The van der Waals surface area contributed by atoms with E-state index < -0.39 is 0 Å². The van der Waals surface area contributed by atoms with Crippen molar-refractivity contribution in [3.05, 3.63) is 64.7 Å². The van der Waals surface area contributed by atoms with Crippen LogP contribution in [0, 0.1) is 13.8 Å². The Kier molecular flexibility index (Phi) is 4.70. The van der Waals surface area contributed by atoms with Gasteiger partial charge in [-0.15, -0.1) is 0 Å². The third-order valence-electron chi connectivity index (χ3n) is 7.02. The van der Waals surface area contributed by atoms with Gasteiger partial charge in [0.15, 0.2) is 0 Å². The molecule has 28 heavy (non-hydrogen) atoms. The van der Waals surface area contributed by atoms with Crippen molar-refractivity contribution < 1.29 is 0 Å². The van der Waals surface area contributed by atoms with Gasteiger partial charge in [-0.05, 0) is 86.8 Å². The molecule has 2 saturated carbocycles. The third kappa shape index (κ3) is 3.26. The quantitative estimate of drug-likeness (QED) is 0.458. The summed E-state index contributed by atoms with van der Waals surface area (Å²) < 4.78 is 0. The van der Waals surface area contributed by atoms with Crippen LogP contribution < -0.4 is 0 Å². The Morgan fingerprint density at radius 1 is 0.714 bits per heavy atom. The fourth-order valence-corrected chi connectivity index (χ4v) is 5.79. The Bertz CT molecular complexity index is 984. The molecule has 0 amide bonds. The molecule has 5 rings (SSSR count). The Hall–Kier alpha value is -2.15. The van der Waals surface area contributed by atoms with E-state index in [9.17, 15) is 0 Å². The second-order valence-corrected chi connectivity index (χ2v) is 9.17. The first-order chi connectivity index (χ1) is 13.7. The lowest BCUT2D eigenvalue weighted by Crippen LogP contribution is -2.05. The number of aryl methyl sites for hydroxylation is 2. The number of nitrogens with zero attached hydrogens (tertiary/aromatic N) is 1. The molecule has 2 aliphatic rings. The number of hydrogen-bond acceptors (Lipinski definition) is 1. The lowest BCUT2D eigenvalue weighted by atomic mass is 9.83. The van der Waals surface area contributed by atoms with Crippen molar-refractivity contribution in [2.75, 3.05) is 0 Å². The van der Waals surface area contributed by atoms with E-state index >= 15 is 0 Å². The summed E-state index contributed by atoms with van der Waals surface area (Å²) >= 11 is 0. The third-order valence-corrected chi connectivity index (χ3v) is 7.02. The van der Waals surface area contributed by atoms with Gasteiger partial charge in [0, 0.05) is 10.9 Å². The summed E-state index contributed by atoms with van der Waals surface area (Å²) in [6.45, 7) is 4.34. The van der Waals surface area contributed by atoms with E-state index in [0.717, 1.165) is 17.5 Å². The summed E-state index contributed by atoms with van der Waals surface area (Å²) in [5.41, 5.74) is 9.44. The van der Waals surface area contributed by atoms with E-state index in [-0.39, 0.29) is 0 Å². The molecular weight excluding hydrogens is 338 g/mol. The van der Waals surface area contributed by atoms with Crippen LogP contribution in [0.4, 0.5) is 0 Å². The molecule has 1 nitrogen and oxygen atoms in total. The molecule has 0 N–H and O–H groups in total. The summed E-state index contributed by atoms with van der Waals surface area (Å²) in [6.07, 6.45) is 11.0. The Labute approximate surface area is 169 Å². The first-order valence-corrected chi connectivity index (χ1v) is 11.2. The summed E-state index contributed by atoms with van der Waals surface area (Å²) in [5.74, 6) is 1.52. The number of benzene rings is 2. The molecule has 144 valence electrons. The van der Waals surface area contributed by atoms with Crippen LogP contribution in [0.3, 0.4) is 0 Å². The molecule has 2 aromatic carbocycles. The van der Waals surface area contributed by atoms with Crippen molar-refractivity contribution in [1.82, 2.24) is 4.98 Å². The van der Waals surface area contributed by atoms with Crippen molar-refractivity contribution in [2.45, 2.75) is 77.0 Å². The molecular formula is C27H31N. The predicted molar refractivity (Wildman–Crippen MR) is 119 cm³/mol. The Morgan fingerprint density at radius 3 is 2.04 bits per heavy atom. The van der Waals surface area contributed by atoms with Gasteiger partial charge in [0.05, 0.1) is 11.2 Å². The zero-order chi connectivity index (χ0) is 19.1. The van der Waals surface area contributed by atoms with E-state index in [1.165, 1.54) is 79.0 Å². The Balaban J connectivity index is 1.65. The summed E-state index contributed by atoms with van der Waals surface area (Å²) in [6, 6.07) is 16.1. The molecule has 3 aromatic rings. The molecule has 0 unspecified atom stereocenters. The van der Waals surface area contributed by atoms with Gasteiger partial charge in [-0.25, -0.2) is 4.98 Å². The number of fused-ring (bicyclic) bond motifs is 1. The van der Waals surface area contributed by atoms with Gasteiger partial charge >= 0.3 is 0 Å². The number of pyridine rings is 1. The van der Waals surface area contributed by atoms with Gasteiger partial charge in [0.25, 0.3) is 0 Å². The largest absolute Gasteiger partial charge is 0.248 e. The maximum atomic E-state index is 5.13. The van der Waals surface area contributed by atoms with Gasteiger partial charge in [-0.3, -0.25) is 0 Å². The van der Waals surface area contributed by atoms with Crippen LogP contribution >= 0.6 is 0 Å². The van der Waals surface area contributed by atoms with E-state index in [4.69, 9.17) is 4.98 Å². The summed E-state index contributed by atoms with van der Waals surface area (Å²) in [5, 5.41) is 1.42. The highest BCUT2D eigenvalue weighted by Crippen LogP contribution is 2.45. The van der Waals surface area contributed by atoms with Crippen molar-refractivity contribution in [3.8, 4) is 11.3 Å². The maximum Gasteiger partial charge on any atom is 0.0712 e. The number of aromatic nitrogens is 1. The van der Waals surface area contributed by atoms with Crippen molar-refractivity contribution in [3.63, 3.8) is 0 Å². The summed E-state index contributed by atoms with van der Waals surface area (Å²) in [4.78, 5) is 5.13. The second kappa shape index (κ2) is 7.35. The van der Waals surface area contributed by atoms with Crippen LogP contribution in [0.15, 0.2) is 42.5 Å². The van der Waals surface area contributed by atoms with E-state index in [0.29, 0.717) is 0 Å². The zero-order valence-electron chi connectivity index (χ0n) is 17.3. The predicted octanol–water partition coefficient (Wildman–Crippen LogP) is 7.83. The standard InChI is InChI=1S/C27H31N/c1-18-15-19(2)17-22(16-18)25-13-12-24-26(28-25)14-11-23(20-7-3-4-8-20)27(24)21-9-5-6-10-21/h11-17,20-21H,3-10H2,1-2H3. The molecule has 0 atom stereocenters. The minimum Gasteiger partial charge on any atom is -0.248 e. The minimum absolute atomic E-state index is 0.744.